The first-order chi connectivity index (χ1) is 17.9. The summed E-state index contributed by atoms with van der Waals surface area (Å²) in [5, 5.41) is 38.1. The Labute approximate surface area is 226 Å². The Balaban J connectivity index is 0.000000211. The van der Waals surface area contributed by atoms with E-state index in [9.17, 15) is 20.4 Å². The van der Waals surface area contributed by atoms with Crippen LogP contribution in [0.2, 0.25) is 0 Å². The Hall–Kier alpha value is -3.92. The highest BCUT2D eigenvalue weighted by molar-refractivity contribution is 5.46. The summed E-state index contributed by atoms with van der Waals surface area (Å²) in [5.74, 6) is 2.00. The fourth-order valence-corrected chi connectivity index (χ4v) is 4.70. The fourth-order valence-electron chi connectivity index (χ4n) is 4.70. The summed E-state index contributed by atoms with van der Waals surface area (Å²) < 4.78 is 0. The third-order valence-electron chi connectivity index (χ3n) is 7.55. The monoisotopic (exact) mass is 512 g/mol. The lowest BCUT2D eigenvalue weighted by atomic mass is 9.77. The minimum Gasteiger partial charge on any atom is -0.508 e. The van der Waals surface area contributed by atoms with Crippen LogP contribution >= 0.6 is 0 Å². The van der Waals surface area contributed by atoms with Crippen LogP contribution in [-0.4, -0.2) is 20.4 Å². The van der Waals surface area contributed by atoms with E-state index in [1.165, 1.54) is 11.1 Å². The van der Waals surface area contributed by atoms with E-state index < -0.39 is 0 Å². The first kappa shape index (κ1) is 28.6. The standard InChI is InChI=1S/2C17H20O2/c1-11-9-13(5-7-15(11)18)17(3,4)14-6-8-16(19)12(2)10-14;1-3-12(2)17(13-4-8-15(18)9-5-13)14-6-10-16(19)11-7-14/h5-10,18-19H,1-4H3;4-12,17-19H,3H2,1-2H3. The molecule has 0 fully saturated rings. The van der Waals surface area contributed by atoms with E-state index in [1.54, 1.807) is 36.4 Å². The van der Waals surface area contributed by atoms with Crippen molar-refractivity contribution in [3.8, 4) is 23.0 Å². The number of hydrogen-bond acceptors (Lipinski definition) is 4. The van der Waals surface area contributed by atoms with Gasteiger partial charge in [-0.2, -0.15) is 0 Å². The summed E-state index contributed by atoms with van der Waals surface area (Å²) in [7, 11) is 0. The molecule has 1 unspecified atom stereocenters. The molecule has 4 aromatic carbocycles. The molecule has 38 heavy (non-hydrogen) atoms. The van der Waals surface area contributed by atoms with Crippen LogP contribution in [-0.2, 0) is 5.41 Å². The number of aromatic hydroxyl groups is 4. The topological polar surface area (TPSA) is 80.9 Å². The van der Waals surface area contributed by atoms with E-state index in [-0.39, 0.29) is 22.8 Å². The van der Waals surface area contributed by atoms with Crippen molar-refractivity contribution in [2.45, 2.75) is 59.3 Å². The molecule has 0 bridgehead atoms. The highest BCUT2D eigenvalue weighted by Crippen LogP contribution is 2.36. The molecule has 0 saturated carbocycles. The van der Waals surface area contributed by atoms with Crippen molar-refractivity contribution in [2.24, 2.45) is 5.92 Å². The Morgan fingerprint density at radius 3 is 1.29 bits per heavy atom. The van der Waals surface area contributed by atoms with E-state index in [1.807, 2.05) is 62.4 Å². The average Bonchev–Trinajstić information content (AvgIpc) is 2.89. The molecule has 0 aliphatic rings. The van der Waals surface area contributed by atoms with E-state index in [4.69, 9.17) is 0 Å². The minimum atomic E-state index is -0.170. The maximum Gasteiger partial charge on any atom is 0.118 e. The molecule has 0 aliphatic carbocycles. The Morgan fingerprint density at radius 1 is 0.605 bits per heavy atom. The van der Waals surface area contributed by atoms with Crippen LogP contribution in [0, 0.1) is 19.8 Å². The van der Waals surface area contributed by atoms with Crippen LogP contribution in [0.25, 0.3) is 0 Å². The van der Waals surface area contributed by atoms with Gasteiger partial charge in [-0.1, -0.05) is 82.6 Å². The fraction of sp³-hybridized carbons (Fsp3) is 0.294. The van der Waals surface area contributed by atoms with Gasteiger partial charge >= 0.3 is 0 Å². The third-order valence-corrected chi connectivity index (χ3v) is 7.55. The second-order valence-corrected chi connectivity index (χ2v) is 10.7. The van der Waals surface area contributed by atoms with Gasteiger partial charge in [0.05, 0.1) is 0 Å². The number of phenols is 4. The maximum atomic E-state index is 9.63. The third kappa shape index (κ3) is 6.69. The van der Waals surface area contributed by atoms with Gasteiger partial charge in [-0.25, -0.2) is 0 Å². The van der Waals surface area contributed by atoms with Crippen molar-refractivity contribution in [3.63, 3.8) is 0 Å². The van der Waals surface area contributed by atoms with E-state index in [0.29, 0.717) is 17.4 Å². The molecule has 0 spiro atoms. The van der Waals surface area contributed by atoms with E-state index >= 15 is 0 Å². The largest absolute Gasteiger partial charge is 0.508 e. The lowest BCUT2D eigenvalue weighted by Crippen LogP contribution is -2.19. The van der Waals surface area contributed by atoms with E-state index in [2.05, 4.69) is 27.7 Å². The zero-order chi connectivity index (χ0) is 28.0. The predicted octanol–water partition coefficient (Wildman–Crippen LogP) is 8.32. The molecule has 0 aliphatic heterocycles. The van der Waals surface area contributed by atoms with Crippen LogP contribution < -0.4 is 0 Å². The average molecular weight is 513 g/mol. The lowest BCUT2D eigenvalue weighted by molar-refractivity contribution is 0.468. The second-order valence-electron chi connectivity index (χ2n) is 10.7. The molecule has 4 rings (SSSR count). The summed E-state index contributed by atoms with van der Waals surface area (Å²) >= 11 is 0. The zero-order valence-electron chi connectivity index (χ0n) is 23.2. The minimum absolute atomic E-state index is 0.170. The summed E-state index contributed by atoms with van der Waals surface area (Å²) in [6, 6.07) is 26.2. The van der Waals surface area contributed by atoms with Crippen LogP contribution in [0.5, 0.6) is 23.0 Å². The molecule has 200 valence electrons. The maximum absolute atomic E-state index is 9.63. The van der Waals surface area contributed by atoms with Crippen molar-refractivity contribution >= 4 is 0 Å². The van der Waals surface area contributed by atoms with E-state index in [0.717, 1.165) is 28.7 Å². The molecular formula is C34H40O4. The van der Waals surface area contributed by atoms with Crippen molar-refractivity contribution in [3.05, 3.63) is 118 Å². The molecule has 0 saturated heterocycles. The van der Waals surface area contributed by atoms with Gasteiger partial charge in [0.25, 0.3) is 0 Å². The zero-order valence-corrected chi connectivity index (χ0v) is 23.2. The highest BCUT2D eigenvalue weighted by Gasteiger charge is 2.24. The molecule has 4 heteroatoms. The molecule has 0 radical (unpaired) electrons. The summed E-state index contributed by atoms with van der Waals surface area (Å²) in [5.41, 5.74) is 6.26. The van der Waals surface area contributed by atoms with Crippen molar-refractivity contribution in [1.29, 1.82) is 0 Å². The number of aryl methyl sites for hydroxylation is 2. The van der Waals surface area contributed by atoms with Gasteiger partial charge in [-0.05, 0) is 89.5 Å². The first-order valence-corrected chi connectivity index (χ1v) is 13.1. The molecule has 4 nitrogen and oxygen atoms in total. The molecule has 0 aromatic heterocycles. The van der Waals surface area contributed by atoms with Gasteiger partial charge < -0.3 is 20.4 Å². The number of rotatable bonds is 6. The first-order valence-electron chi connectivity index (χ1n) is 13.1. The molecule has 0 heterocycles. The smallest absolute Gasteiger partial charge is 0.118 e. The predicted molar refractivity (Wildman–Crippen MR) is 155 cm³/mol. The normalized spacial score (nSPS) is 12.1. The van der Waals surface area contributed by atoms with Crippen LogP contribution in [0.3, 0.4) is 0 Å². The van der Waals surface area contributed by atoms with Crippen LogP contribution in [0.15, 0.2) is 84.9 Å². The van der Waals surface area contributed by atoms with Gasteiger partial charge in [0, 0.05) is 11.3 Å². The summed E-state index contributed by atoms with van der Waals surface area (Å²) in [6.45, 7) is 12.5. The van der Waals surface area contributed by atoms with Gasteiger partial charge in [0.1, 0.15) is 23.0 Å². The molecule has 4 N–H and O–H groups in total. The van der Waals surface area contributed by atoms with Gasteiger partial charge in [0.15, 0.2) is 0 Å². The second kappa shape index (κ2) is 12.1. The van der Waals surface area contributed by atoms with Crippen molar-refractivity contribution < 1.29 is 20.4 Å². The Bertz CT molecular complexity index is 1240. The molecule has 4 aromatic rings. The number of hydrogen-bond donors (Lipinski definition) is 4. The Kier molecular flexibility index (Phi) is 9.11. The molecular weight excluding hydrogens is 472 g/mol. The van der Waals surface area contributed by atoms with Gasteiger partial charge in [0.2, 0.25) is 0 Å². The Morgan fingerprint density at radius 2 is 0.974 bits per heavy atom. The number of benzene rings is 4. The molecule has 0 amide bonds. The van der Waals surface area contributed by atoms with Crippen LogP contribution in [0.1, 0.15) is 73.4 Å². The highest BCUT2D eigenvalue weighted by atomic mass is 16.3. The lowest BCUT2D eigenvalue weighted by Gasteiger charge is -2.27. The van der Waals surface area contributed by atoms with Gasteiger partial charge in [-0.15, -0.1) is 0 Å². The van der Waals surface area contributed by atoms with Crippen LogP contribution in [0.4, 0.5) is 0 Å². The van der Waals surface area contributed by atoms with Crippen molar-refractivity contribution in [1.82, 2.24) is 0 Å². The van der Waals surface area contributed by atoms with Gasteiger partial charge in [-0.3, -0.25) is 0 Å². The summed E-state index contributed by atoms with van der Waals surface area (Å²) in [6.07, 6.45) is 1.08. The number of phenolic OH excluding ortho intramolecular Hbond substituents is 4. The quantitative estimate of drug-likeness (QED) is 0.209. The molecule has 1 atom stereocenters. The van der Waals surface area contributed by atoms with Crippen molar-refractivity contribution in [2.75, 3.05) is 0 Å². The SMILES string of the molecule is CCC(C)C(c1ccc(O)cc1)c1ccc(O)cc1.Cc1cc(C(C)(C)c2ccc(O)c(C)c2)ccc1O. The summed E-state index contributed by atoms with van der Waals surface area (Å²) in [4.78, 5) is 0.